The number of nitrogens with two attached hydrogens (primary N) is 2. The zero-order valence-electron chi connectivity index (χ0n) is 25.1. The van der Waals surface area contributed by atoms with E-state index in [0.29, 0.717) is 51.9 Å². The normalized spacial score (nSPS) is 18.7. The molecule has 0 radical (unpaired) electrons. The van der Waals surface area contributed by atoms with Gasteiger partial charge >= 0.3 is 0 Å². The lowest BCUT2D eigenvalue weighted by Crippen LogP contribution is -2.32. The van der Waals surface area contributed by atoms with Gasteiger partial charge in [0.1, 0.15) is 11.6 Å². The number of halogens is 4. The monoisotopic (exact) mass is 836 g/mol. The first kappa shape index (κ1) is 33.3. The zero-order chi connectivity index (χ0) is 32.6. The fourth-order valence-electron chi connectivity index (χ4n) is 5.49. The van der Waals surface area contributed by atoms with E-state index in [2.05, 4.69) is 43.2 Å². The van der Waals surface area contributed by atoms with Crippen molar-refractivity contribution >= 4 is 68.9 Å². The molecule has 1 atom stereocenters. The summed E-state index contributed by atoms with van der Waals surface area (Å²) in [7, 11) is 1.45. The minimum atomic E-state index is -0.530. The quantitative estimate of drug-likeness (QED) is 0.136. The first-order chi connectivity index (χ1) is 22.0. The topological polar surface area (TPSA) is 87.3 Å². The second kappa shape index (κ2) is 13.9. The number of hydrazine groups is 1. The number of rotatable bonds is 2. The average molecular weight is 838 g/mol. The Bertz CT molecular complexity index is 1930. The van der Waals surface area contributed by atoms with E-state index in [1.807, 2.05) is 59.2 Å². The van der Waals surface area contributed by atoms with Gasteiger partial charge in [-0.15, -0.1) is 0 Å². The van der Waals surface area contributed by atoms with Crippen LogP contribution in [0, 0.1) is 17.0 Å². The third-order valence-electron chi connectivity index (χ3n) is 8.06. The van der Waals surface area contributed by atoms with E-state index in [1.54, 1.807) is 24.4 Å². The predicted octanol–water partition coefficient (Wildman–Crippen LogP) is 9.05. The number of ether oxygens (including phenoxy) is 1. The molecule has 0 saturated heterocycles. The summed E-state index contributed by atoms with van der Waals surface area (Å²) in [5.41, 5.74) is 9.90. The van der Waals surface area contributed by atoms with Crippen molar-refractivity contribution in [1.29, 1.82) is 0 Å². The minimum Gasteiger partial charge on any atom is -0.400 e. The maximum Gasteiger partial charge on any atom is 0.139 e. The summed E-state index contributed by atoms with van der Waals surface area (Å²) >= 11 is 6.99. The number of benzene rings is 3. The second-order valence-electron chi connectivity index (χ2n) is 11.8. The molecule has 6 rings (SSSR count). The van der Waals surface area contributed by atoms with Crippen molar-refractivity contribution in [2.45, 2.75) is 42.6 Å². The molecule has 2 aromatic heterocycles. The Morgan fingerprint density at radius 3 is 2.70 bits per heavy atom. The molecule has 1 aliphatic heterocycles. The SMILES string of the molecule is CC1(C)COCCC(c2cccc(Br)c2)n2ccc(n2)-c2cc(ccc2F)Sc2c(F)cc3c(ccn3SI)c2CN(N)/C=C/1N. The molecule has 0 saturated carbocycles. The highest BCUT2D eigenvalue weighted by Gasteiger charge is 2.25. The van der Waals surface area contributed by atoms with Crippen molar-refractivity contribution < 1.29 is 13.5 Å². The van der Waals surface area contributed by atoms with Crippen LogP contribution in [0.1, 0.15) is 37.4 Å². The molecular formula is C33H32BrF2IN6OS2. The lowest BCUT2D eigenvalue weighted by atomic mass is 9.91. The van der Waals surface area contributed by atoms with Gasteiger partial charge in [-0.1, -0.05) is 53.7 Å². The molecule has 0 aliphatic carbocycles. The Kier molecular flexibility index (Phi) is 10.1. The summed E-state index contributed by atoms with van der Waals surface area (Å²) in [6.45, 7) is 4.99. The molecule has 4 N–H and O–H groups in total. The molecule has 3 heterocycles. The summed E-state index contributed by atoms with van der Waals surface area (Å²) in [4.78, 5) is 1.08. The summed E-state index contributed by atoms with van der Waals surface area (Å²) in [6.07, 6.45) is 6.08. The smallest absolute Gasteiger partial charge is 0.139 e. The van der Waals surface area contributed by atoms with E-state index in [4.69, 9.17) is 21.4 Å². The minimum absolute atomic E-state index is 0.166. The molecule has 4 bridgehead atoms. The van der Waals surface area contributed by atoms with E-state index in [9.17, 15) is 0 Å². The van der Waals surface area contributed by atoms with Crippen LogP contribution < -0.4 is 11.6 Å². The standard InChI is InChI=1S/C33H32BrF2IN6OS2/c1-33(2)19-44-13-10-29(20-4-3-5-21(34)14-20)42-11-9-28(40-42)24-15-22(6-7-26(24)35)45-32-25(17-41(39)18-31(33)38)23-8-12-43(46-37)30(23)16-27(32)36/h3-9,11-12,14-16,18,29H,10,13,17,19,38-39H2,1-2H3/b31-18-. The Hall–Kier alpha value is -2.56. The van der Waals surface area contributed by atoms with E-state index >= 15 is 8.78 Å². The maximum atomic E-state index is 16.0. The van der Waals surface area contributed by atoms with Crippen LogP contribution >= 0.6 is 58.0 Å². The number of aromatic nitrogens is 3. The first-order valence-corrected chi connectivity index (χ1v) is 19.4. The fraction of sp³-hybridized carbons (Fsp3) is 0.242. The van der Waals surface area contributed by atoms with Crippen LogP contribution in [-0.2, 0) is 11.3 Å². The largest absolute Gasteiger partial charge is 0.400 e. The zero-order valence-corrected chi connectivity index (χ0v) is 30.5. The summed E-state index contributed by atoms with van der Waals surface area (Å²) in [5.74, 6) is 5.74. The molecule has 1 aliphatic rings. The van der Waals surface area contributed by atoms with Crippen LogP contribution in [0.4, 0.5) is 8.78 Å². The molecule has 3 aromatic carbocycles. The predicted molar refractivity (Wildman–Crippen MR) is 194 cm³/mol. The highest BCUT2D eigenvalue weighted by molar-refractivity contribution is 14.2. The molecule has 13 heteroatoms. The van der Waals surface area contributed by atoms with Crippen LogP contribution in [0.15, 0.2) is 99.2 Å². The molecule has 46 heavy (non-hydrogen) atoms. The van der Waals surface area contributed by atoms with Crippen molar-refractivity contribution in [3.63, 3.8) is 0 Å². The molecule has 0 amide bonds. The Morgan fingerprint density at radius 2 is 1.91 bits per heavy atom. The summed E-state index contributed by atoms with van der Waals surface area (Å²) < 4.78 is 42.3. The third-order valence-corrected chi connectivity index (χ3v) is 11.4. The Morgan fingerprint density at radius 1 is 1.09 bits per heavy atom. The molecule has 1 unspecified atom stereocenters. The van der Waals surface area contributed by atoms with E-state index in [0.717, 1.165) is 20.9 Å². The van der Waals surface area contributed by atoms with Gasteiger partial charge in [-0.3, -0.25) is 8.65 Å². The summed E-state index contributed by atoms with van der Waals surface area (Å²) in [6, 6.07) is 17.9. The van der Waals surface area contributed by atoms with E-state index < -0.39 is 17.0 Å². The highest BCUT2D eigenvalue weighted by Crippen LogP contribution is 2.41. The Balaban J connectivity index is 1.48. The number of hydrogen-bond acceptors (Lipinski definition) is 7. The molecule has 240 valence electrons. The van der Waals surface area contributed by atoms with Crippen molar-refractivity contribution in [2.75, 3.05) is 13.2 Å². The van der Waals surface area contributed by atoms with Crippen LogP contribution in [0.2, 0.25) is 0 Å². The number of fused-ring (bicyclic) bond motifs is 8. The van der Waals surface area contributed by atoms with Gasteiger partial charge in [0.2, 0.25) is 0 Å². The van der Waals surface area contributed by atoms with Crippen molar-refractivity contribution in [1.82, 2.24) is 18.8 Å². The average Bonchev–Trinajstić information content (AvgIpc) is 3.66. The maximum absolute atomic E-state index is 16.0. The van der Waals surface area contributed by atoms with Gasteiger partial charge < -0.3 is 15.5 Å². The van der Waals surface area contributed by atoms with Gasteiger partial charge in [-0.05, 0) is 60.0 Å². The van der Waals surface area contributed by atoms with Crippen LogP contribution in [0.3, 0.4) is 0 Å². The fourth-order valence-corrected chi connectivity index (χ4v) is 8.28. The molecule has 7 nitrogen and oxygen atoms in total. The molecule has 5 aromatic rings. The van der Waals surface area contributed by atoms with Crippen molar-refractivity contribution in [2.24, 2.45) is 17.0 Å². The summed E-state index contributed by atoms with van der Waals surface area (Å²) in [5, 5.41) is 7.19. The van der Waals surface area contributed by atoms with Crippen LogP contribution in [-0.4, -0.2) is 32.0 Å². The van der Waals surface area contributed by atoms with Gasteiger partial charge in [-0.25, -0.2) is 14.6 Å². The Labute approximate surface area is 295 Å². The third kappa shape index (κ3) is 6.99. The van der Waals surface area contributed by atoms with Crippen LogP contribution in [0.25, 0.3) is 22.2 Å². The lowest BCUT2D eigenvalue weighted by Gasteiger charge is -2.28. The van der Waals surface area contributed by atoms with Crippen molar-refractivity contribution in [3.8, 4) is 11.3 Å². The van der Waals surface area contributed by atoms with Crippen LogP contribution in [0.5, 0.6) is 0 Å². The van der Waals surface area contributed by atoms with E-state index in [1.165, 1.54) is 38.0 Å². The molecule has 0 spiro atoms. The molecular weight excluding hydrogens is 805 g/mol. The second-order valence-corrected chi connectivity index (χ2v) is 15.5. The van der Waals surface area contributed by atoms with Gasteiger partial charge in [0, 0.05) is 93.0 Å². The van der Waals surface area contributed by atoms with Gasteiger partial charge in [0.05, 0.1) is 35.3 Å². The first-order valence-electron chi connectivity index (χ1n) is 14.5. The molecule has 0 fully saturated rings. The lowest BCUT2D eigenvalue weighted by molar-refractivity contribution is 0.0703. The van der Waals surface area contributed by atoms with E-state index in [-0.39, 0.29) is 12.6 Å². The van der Waals surface area contributed by atoms with Crippen molar-refractivity contribution in [3.05, 3.63) is 112 Å². The van der Waals surface area contributed by atoms with Gasteiger partial charge in [0.25, 0.3) is 0 Å². The van der Waals surface area contributed by atoms with Gasteiger partial charge in [-0.2, -0.15) is 5.10 Å². The number of nitrogens with zero attached hydrogens (tertiary/aromatic N) is 4. The number of hydrogen-bond donors (Lipinski definition) is 2. The van der Waals surface area contributed by atoms with Gasteiger partial charge in [0.15, 0.2) is 0 Å². The highest BCUT2D eigenvalue weighted by atomic mass is 127.